The number of hydrogen-bond donors (Lipinski definition) is 0. The molecule has 164 valence electrons. The maximum atomic E-state index is 6.91. The summed E-state index contributed by atoms with van der Waals surface area (Å²) in [5.74, 6) is 1.57. The molecule has 0 radical (unpaired) electrons. The van der Waals surface area contributed by atoms with Crippen LogP contribution in [0.5, 0.6) is 0 Å². The van der Waals surface area contributed by atoms with Gasteiger partial charge in [0.1, 0.15) is 0 Å². The Morgan fingerprint density at radius 1 is 1.10 bits per heavy atom. The fourth-order valence-electron chi connectivity index (χ4n) is 2.95. The van der Waals surface area contributed by atoms with E-state index in [-0.39, 0.29) is 11.1 Å². The van der Waals surface area contributed by atoms with E-state index in [0.717, 1.165) is 0 Å². The number of unbranched alkanes of at least 4 members (excludes halogenated alkanes) is 3. The zero-order valence-electron chi connectivity index (χ0n) is 20.1. The van der Waals surface area contributed by atoms with Crippen molar-refractivity contribution in [3.05, 3.63) is 53.0 Å². The highest BCUT2D eigenvalue weighted by Gasteiger charge is 2.40. The Morgan fingerprint density at radius 2 is 1.76 bits per heavy atom. The summed E-state index contributed by atoms with van der Waals surface area (Å²) in [6.45, 7) is 18.5. The third kappa shape index (κ3) is 9.27. The number of thioether (sulfide) groups is 1. The number of allylic oxidation sites excluding steroid dienone is 1. The average molecular weight is 433 g/mol. The topological polar surface area (TPSA) is 9.23 Å². The van der Waals surface area contributed by atoms with Crippen LogP contribution in [0.3, 0.4) is 0 Å². The predicted molar refractivity (Wildman–Crippen MR) is 137 cm³/mol. The van der Waals surface area contributed by atoms with E-state index in [1.807, 2.05) is 11.8 Å². The fourth-order valence-corrected chi connectivity index (χ4v) is 5.42. The van der Waals surface area contributed by atoms with E-state index in [2.05, 4.69) is 103 Å². The van der Waals surface area contributed by atoms with Gasteiger partial charge in [0, 0.05) is 5.92 Å². The first-order valence-corrected chi connectivity index (χ1v) is 15.2. The Kier molecular flexibility index (Phi) is 11.6. The van der Waals surface area contributed by atoms with E-state index < -0.39 is 8.32 Å². The summed E-state index contributed by atoms with van der Waals surface area (Å²) < 4.78 is 6.91. The Hall–Kier alpha value is -0.773. The first kappa shape index (κ1) is 26.3. The second-order valence-electron chi connectivity index (χ2n) is 9.50. The van der Waals surface area contributed by atoms with Gasteiger partial charge in [-0.05, 0) is 47.7 Å². The summed E-state index contributed by atoms with van der Waals surface area (Å²) in [5.41, 5.74) is 1.23. The lowest BCUT2D eigenvalue weighted by Crippen LogP contribution is -2.45. The van der Waals surface area contributed by atoms with E-state index in [4.69, 9.17) is 4.43 Å². The van der Waals surface area contributed by atoms with Gasteiger partial charge in [-0.15, -0.1) is 11.8 Å². The first-order chi connectivity index (χ1) is 13.6. The van der Waals surface area contributed by atoms with Gasteiger partial charge in [0.15, 0.2) is 8.32 Å². The van der Waals surface area contributed by atoms with Crippen LogP contribution in [0.1, 0.15) is 72.8 Å². The second-order valence-corrected chi connectivity index (χ2v) is 15.4. The van der Waals surface area contributed by atoms with E-state index in [0.29, 0.717) is 5.92 Å². The van der Waals surface area contributed by atoms with Gasteiger partial charge < -0.3 is 4.43 Å². The average Bonchev–Trinajstić information content (AvgIpc) is 2.67. The lowest BCUT2D eigenvalue weighted by molar-refractivity contribution is 0.189. The highest BCUT2D eigenvalue weighted by molar-refractivity contribution is 8.03. The third-order valence-electron chi connectivity index (χ3n) is 6.01. The maximum absolute atomic E-state index is 6.91. The van der Waals surface area contributed by atoms with Crippen LogP contribution < -0.4 is 0 Å². The van der Waals surface area contributed by atoms with Crippen LogP contribution in [0, 0.1) is 5.92 Å². The molecule has 1 aromatic rings. The number of rotatable bonds is 12. The Bertz CT molecular complexity index is 628. The van der Waals surface area contributed by atoms with E-state index in [1.165, 1.54) is 41.9 Å². The van der Waals surface area contributed by atoms with Gasteiger partial charge in [0.2, 0.25) is 0 Å². The maximum Gasteiger partial charge on any atom is 0.192 e. The quantitative estimate of drug-likeness (QED) is 0.241. The molecule has 0 aromatic heterocycles. The monoisotopic (exact) mass is 432 g/mol. The Balaban J connectivity index is 2.97. The lowest BCUT2D eigenvalue weighted by Gasteiger charge is -2.40. The summed E-state index contributed by atoms with van der Waals surface area (Å²) in [4.78, 5) is 1.46. The molecule has 1 rings (SSSR count). The summed E-state index contributed by atoms with van der Waals surface area (Å²) in [5, 5.41) is 0.203. The van der Waals surface area contributed by atoms with Gasteiger partial charge in [-0.25, -0.2) is 0 Å². The minimum Gasteiger partial charge on any atom is -0.410 e. The third-order valence-corrected chi connectivity index (χ3v) is 11.9. The first-order valence-electron chi connectivity index (χ1n) is 11.3. The van der Waals surface area contributed by atoms with Gasteiger partial charge >= 0.3 is 0 Å². The minimum atomic E-state index is -1.86. The van der Waals surface area contributed by atoms with Gasteiger partial charge in [-0.1, -0.05) is 102 Å². The molecule has 0 amide bonds. The van der Waals surface area contributed by atoms with Crippen molar-refractivity contribution in [3.8, 4) is 0 Å². The summed E-state index contributed by atoms with van der Waals surface area (Å²) in [6.07, 6.45) is 12.2. The smallest absolute Gasteiger partial charge is 0.192 e. The molecule has 1 nitrogen and oxygen atoms in total. The molecule has 0 saturated carbocycles. The van der Waals surface area contributed by atoms with Crippen LogP contribution in [0.25, 0.3) is 6.08 Å². The van der Waals surface area contributed by atoms with Crippen LogP contribution in [0.15, 0.2) is 47.4 Å². The molecule has 0 saturated heterocycles. The van der Waals surface area contributed by atoms with Gasteiger partial charge in [-0.2, -0.15) is 0 Å². The zero-order valence-corrected chi connectivity index (χ0v) is 21.9. The van der Waals surface area contributed by atoms with Crippen LogP contribution >= 0.6 is 11.8 Å². The molecule has 0 unspecified atom stereocenters. The molecule has 0 aliphatic carbocycles. The Morgan fingerprint density at radius 3 is 2.31 bits per heavy atom. The highest BCUT2D eigenvalue weighted by atomic mass is 32.2. The second kappa shape index (κ2) is 12.8. The van der Waals surface area contributed by atoms with Crippen LogP contribution in [0.4, 0.5) is 0 Å². The lowest BCUT2D eigenvalue weighted by atomic mass is 10.0. The largest absolute Gasteiger partial charge is 0.410 e. The molecule has 0 fully saturated rings. The zero-order chi connectivity index (χ0) is 21.9. The molecule has 29 heavy (non-hydrogen) atoms. The molecule has 2 atom stereocenters. The van der Waals surface area contributed by atoms with Crippen molar-refractivity contribution < 1.29 is 4.43 Å². The van der Waals surface area contributed by atoms with Gasteiger partial charge in [0.05, 0.1) is 6.10 Å². The van der Waals surface area contributed by atoms with Crippen molar-refractivity contribution >= 4 is 26.2 Å². The van der Waals surface area contributed by atoms with Gasteiger partial charge in [-0.3, -0.25) is 0 Å². The van der Waals surface area contributed by atoms with Crippen molar-refractivity contribution in [3.63, 3.8) is 0 Å². The molecule has 0 N–H and O–H groups in total. The van der Waals surface area contributed by atoms with Crippen molar-refractivity contribution in [1.82, 2.24) is 0 Å². The van der Waals surface area contributed by atoms with Crippen molar-refractivity contribution in [1.29, 1.82) is 0 Å². The molecule has 0 bridgehead atoms. The number of benzene rings is 1. The molecule has 0 aliphatic heterocycles. The van der Waals surface area contributed by atoms with Crippen molar-refractivity contribution in [2.75, 3.05) is 5.75 Å². The van der Waals surface area contributed by atoms with Crippen LogP contribution in [0.2, 0.25) is 18.1 Å². The van der Waals surface area contributed by atoms with Gasteiger partial charge in [0.25, 0.3) is 0 Å². The van der Waals surface area contributed by atoms with E-state index in [9.17, 15) is 0 Å². The van der Waals surface area contributed by atoms with E-state index in [1.54, 1.807) is 0 Å². The molecule has 1 aromatic carbocycles. The fraction of sp³-hybridized carbons (Fsp3) is 0.615. The summed E-state index contributed by atoms with van der Waals surface area (Å²) in [6, 6.07) is 10.6. The predicted octanol–water partition coefficient (Wildman–Crippen LogP) is 8.94. The SMILES string of the molecule is C/C=C(\SCCCCCC)[C@@H](C)[C@H](/C=C/c1ccccc1)O[Si](C)(C)C(C)(C)C. The summed E-state index contributed by atoms with van der Waals surface area (Å²) in [7, 11) is -1.86. The molecule has 3 heteroatoms. The molecular formula is C26H44OSSi. The Labute approximate surface area is 186 Å². The van der Waals surface area contributed by atoms with Crippen LogP contribution in [-0.2, 0) is 4.43 Å². The summed E-state index contributed by atoms with van der Waals surface area (Å²) >= 11 is 2.03. The van der Waals surface area contributed by atoms with E-state index >= 15 is 0 Å². The normalized spacial score (nSPS) is 15.7. The molecular weight excluding hydrogens is 388 g/mol. The molecule has 0 aliphatic rings. The standard InChI is InChI=1S/C26H44OSSi/c1-9-11-12-16-21-28-25(10-2)22(3)24(27-29(7,8)26(4,5)6)20-19-23-17-14-13-15-18-23/h10,13-15,17-20,22,24H,9,11-12,16,21H2,1-8H3/b20-19+,25-10-/t22-,24-/m0/s1. The minimum absolute atomic E-state index is 0.102. The highest BCUT2D eigenvalue weighted by Crippen LogP contribution is 2.40. The van der Waals surface area contributed by atoms with Crippen molar-refractivity contribution in [2.24, 2.45) is 5.92 Å². The van der Waals surface area contributed by atoms with Crippen LogP contribution in [-0.4, -0.2) is 20.2 Å². The molecule has 0 spiro atoms. The molecule has 0 heterocycles. The van der Waals surface area contributed by atoms with Crippen molar-refractivity contribution in [2.45, 2.75) is 91.5 Å². The number of hydrogen-bond acceptors (Lipinski definition) is 2.